The highest BCUT2D eigenvalue weighted by Crippen LogP contribution is 2.25. The van der Waals surface area contributed by atoms with Crippen molar-refractivity contribution in [3.63, 3.8) is 0 Å². The summed E-state index contributed by atoms with van der Waals surface area (Å²) < 4.78 is 19.8. The molecule has 0 bridgehead atoms. The zero-order valence-corrected chi connectivity index (χ0v) is 20.5. The molecule has 0 saturated heterocycles. The van der Waals surface area contributed by atoms with Gasteiger partial charge in [-0.2, -0.15) is 0 Å². The molecule has 0 aliphatic rings. The minimum Gasteiger partial charge on any atom is -0.491 e. The summed E-state index contributed by atoms with van der Waals surface area (Å²) in [6.07, 6.45) is 21.4. The van der Waals surface area contributed by atoms with Crippen LogP contribution in [0.2, 0.25) is 0 Å². The molecular formula is C29H44FNO. The monoisotopic (exact) mass is 441 g/mol. The van der Waals surface area contributed by atoms with Gasteiger partial charge >= 0.3 is 0 Å². The van der Waals surface area contributed by atoms with Gasteiger partial charge in [0.05, 0.1) is 12.3 Å². The molecule has 0 aliphatic heterocycles. The highest BCUT2D eigenvalue weighted by molar-refractivity contribution is 5.60. The fourth-order valence-corrected chi connectivity index (χ4v) is 4.02. The minimum atomic E-state index is -0.319. The van der Waals surface area contributed by atoms with Crippen molar-refractivity contribution in [1.82, 2.24) is 4.98 Å². The summed E-state index contributed by atoms with van der Waals surface area (Å²) >= 11 is 0. The van der Waals surface area contributed by atoms with Crippen LogP contribution in [0.25, 0.3) is 11.3 Å². The third kappa shape index (κ3) is 10.6. The Balaban J connectivity index is 1.60. The van der Waals surface area contributed by atoms with Crippen molar-refractivity contribution in [3.05, 3.63) is 47.9 Å². The molecule has 0 amide bonds. The predicted molar refractivity (Wildman–Crippen MR) is 135 cm³/mol. The summed E-state index contributed by atoms with van der Waals surface area (Å²) in [5, 5.41) is 0. The van der Waals surface area contributed by atoms with E-state index in [1.54, 1.807) is 6.07 Å². The van der Waals surface area contributed by atoms with Crippen molar-refractivity contribution in [2.75, 3.05) is 6.61 Å². The zero-order chi connectivity index (χ0) is 22.9. The number of benzene rings is 1. The van der Waals surface area contributed by atoms with Crippen LogP contribution in [-0.2, 0) is 6.42 Å². The topological polar surface area (TPSA) is 22.1 Å². The van der Waals surface area contributed by atoms with Crippen molar-refractivity contribution in [1.29, 1.82) is 0 Å². The lowest BCUT2D eigenvalue weighted by atomic mass is 10.0. The largest absolute Gasteiger partial charge is 0.491 e. The molecule has 2 rings (SSSR count). The lowest BCUT2D eigenvalue weighted by Crippen LogP contribution is -1.99. The van der Waals surface area contributed by atoms with Gasteiger partial charge in [-0.1, -0.05) is 97.0 Å². The lowest BCUT2D eigenvalue weighted by Gasteiger charge is -2.09. The van der Waals surface area contributed by atoms with Gasteiger partial charge in [0.15, 0.2) is 11.6 Å². The van der Waals surface area contributed by atoms with E-state index in [2.05, 4.69) is 24.9 Å². The fraction of sp³-hybridized carbons (Fsp3) is 0.621. The second-order valence-electron chi connectivity index (χ2n) is 9.04. The molecule has 1 heterocycles. The first-order valence-electron chi connectivity index (χ1n) is 13.1. The lowest BCUT2D eigenvalue weighted by molar-refractivity contribution is 0.294. The van der Waals surface area contributed by atoms with Crippen LogP contribution < -0.4 is 4.74 Å². The number of hydrogen-bond acceptors (Lipinski definition) is 2. The average molecular weight is 442 g/mol. The van der Waals surface area contributed by atoms with Crippen LogP contribution in [0.5, 0.6) is 5.75 Å². The normalized spacial score (nSPS) is 11.1. The van der Waals surface area contributed by atoms with Gasteiger partial charge in [-0.05, 0) is 49.1 Å². The van der Waals surface area contributed by atoms with Crippen LogP contribution in [0.4, 0.5) is 4.39 Å². The molecule has 0 atom stereocenters. The average Bonchev–Trinajstić information content (AvgIpc) is 2.81. The molecular weight excluding hydrogens is 397 g/mol. The van der Waals surface area contributed by atoms with Gasteiger partial charge in [0, 0.05) is 11.8 Å². The number of unbranched alkanes of at least 4 members (excludes halogenated alkanes) is 12. The Morgan fingerprint density at radius 2 is 1.34 bits per heavy atom. The van der Waals surface area contributed by atoms with Crippen LogP contribution in [0.3, 0.4) is 0 Å². The van der Waals surface area contributed by atoms with Crippen molar-refractivity contribution < 1.29 is 9.13 Å². The van der Waals surface area contributed by atoms with E-state index in [-0.39, 0.29) is 5.82 Å². The number of aromatic nitrogens is 1. The number of nitrogens with zero attached hydrogens (tertiary/aromatic N) is 1. The van der Waals surface area contributed by atoms with Crippen molar-refractivity contribution in [2.45, 2.75) is 110 Å². The molecule has 2 aromatic rings. The molecule has 0 spiro atoms. The van der Waals surface area contributed by atoms with Crippen LogP contribution in [0, 0.1) is 5.82 Å². The zero-order valence-electron chi connectivity index (χ0n) is 20.5. The molecule has 3 heteroatoms. The van der Waals surface area contributed by atoms with Crippen LogP contribution in [0.1, 0.15) is 109 Å². The van der Waals surface area contributed by atoms with Gasteiger partial charge in [0.25, 0.3) is 0 Å². The summed E-state index contributed by atoms with van der Waals surface area (Å²) in [5.41, 5.74) is 2.87. The highest BCUT2D eigenvalue weighted by Gasteiger charge is 2.07. The molecule has 0 N–H and O–H groups in total. The van der Waals surface area contributed by atoms with Crippen LogP contribution in [-0.4, -0.2) is 11.6 Å². The van der Waals surface area contributed by atoms with E-state index >= 15 is 0 Å². The van der Waals surface area contributed by atoms with Crippen LogP contribution in [0.15, 0.2) is 36.5 Å². The maximum Gasteiger partial charge on any atom is 0.165 e. The number of pyridine rings is 1. The molecule has 0 fully saturated rings. The number of ether oxygens (including phenoxy) is 1. The fourth-order valence-electron chi connectivity index (χ4n) is 4.02. The van der Waals surface area contributed by atoms with E-state index in [1.165, 1.54) is 88.7 Å². The van der Waals surface area contributed by atoms with Gasteiger partial charge in [-0.25, -0.2) is 4.39 Å². The maximum absolute atomic E-state index is 14.3. The predicted octanol–water partition coefficient (Wildman–Crippen LogP) is 9.31. The first-order valence-corrected chi connectivity index (χ1v) is 13.1. The van der Waals surface area contributed by atoms with Gasteiger partial charge < -0.3 is 4.74 Å². The molecule has 1 aromatic carbocycles. The first-order chi connectivity index (χ1) is 15.7. The third-order valence-electron chi connectivity index (χ3n) is 6.13. The molecule has 0 aliphatic carbocycles. The standard InChI is InChI=1S/C29H44FNO/c1-3-5-7-8-9-10-11-12-13-14-15-16-17-25-18-20-28(31-24-25)26-19-21-29(27(30)23-26)32-22-6-4-2/h18-21,23-24H,3-17,22H2,1-2H3. The highest BCUT2D eigenvalue weighted by atomic mass is 19.1. The maximum atomic E-state index is 14.3. The Labute approximate surface area is 196 Å². The van der Waals surface area contributed by atoms with Gasteiger partial charge in [-0.15, -0.1) is 0 Å². The molecule has 0 unspecified atom stereocenters. The van der Waals surface area contributed by atoms with E-state index in [0.717, 1.165) is 30.5 Å². The first kappa shape index (κ1) is 26.4. The Hall–Kier alpha value is -1.90. The van der Waals surface area contributed by atoms with Crippen molar-refractivity contribution >= 4 is 0 Å². The molecule has 178 valence electrons. The Morgan fingerprint density at radius 3 is 1.91 bits per heavy atom. The van der Waals surface area contributed by atoms with Crippen LogP contribution >= 0.6 is 0 Å². The van der Waals surface area contributed by atoms with Gasteiger partial charge in [0.2, 0.25) is 0 Å². The Kier molecular flexibility index (Phi) is 13.7. The van der Waals surface area contributed by atoms with E-state index in [0.29, 0.717) is 12.4 Å². The van der Waals surface area contributed by atoms with E-state index in [1.807, 2.05) is 18.3 Å². The Morgan fingerprint density at radius 1 is 0.719 bits per heavy atom. The summed E-state index contributed by atoms with van der Waals surface area (Å²) in [5.74, 6) is 0.00627. The van der Waals surface area contributed by atoms with E-state index < -0.39 is 0 Å². The number of aryl methyl sites for hydroxylation is 1. The second-order valence-corrected chi connectivity index (χ2v) is 9.04. The molecule has 0 radical (unpaired) electrons. The molecule has 0 saturated carbocycles. The van der Waals surface area contributed by atoms with Gasteiger partial charge in [0.1, 0.15) is 0 Å². The van der Waals surface area contributed by atoms with E-state index in [9.17, 15) is 4.39 Å². The number of rotatable bonds is 18. The summed E-state index contributed by atoms with van der Waals surface area (Å²) in [7, 11) is 0. The molecule has 2 nitrogen and oxygen atoms in total. The third-order valence-corrected chi connectivity index (χ3v) is 6.13. The summed E-state index contributed by atoms with van der Waals surface area (Å²) in [6.45, 7) is 4.92. The molecule has 1 aromatic heterocycles. The smallest absolute Gasteiger partial charge is 0.165 e. The SMILES string of the molecule is CCCCCCCCCCCCCCc1ccc(-c2ccc(OCCCC)c(F)c2)nc1. The number of halogens is 1. The summed E-state index contributed by atoms with van der Waals surface area (Å²) in [4.78, 5) is 4.56. The van der Waals surface area contributed by atoms with Gasteiger partial charge in [-0.3, -0.25) is 4.98 Å². The van der Waals surface area contributed by atoms with Crippen molar-refractivity contribution in [3.8, 4) is 17.0 Å². The van der Waals surface area contributed by atoms with Crippen molar-refractivity contribution in [2.24, 2.45) is 0 Å². The number of hydrogen-bond donors (Lipinski definition) is 0. The second kappa shape index (κ2) is 16.7. The summed E-state index contributed by atoms with van der Waals surface area (Å²) in [6, 6.07) is 9.25. The minimum absolute atomic E-state index is 0.319. The molecule has 32 heavy (non-hydrogen) atoms. The van der Waals surface area contributed by atoms with E-state index in [4.69, 9.17) is 4.74 Å². The Bertz CT molecular complexity index is 728. The quantitative estimate of drug-likeness (QED) is 0.215.